The zero-order valence-electron chi connectivity index (χ0n) is 19.6. The summed E-state index contributed by atoms with van der Waals surface area (Å²) in [4.78, 5) is 28.7. The number of anilines is 1. The van der Waals surface area contributed by atoms with Gasteiger partial charge >= 0.3 is 0 Å². The van der Waals surface area contributed by atoms with E-state index in [1.807, 2.05) is 54.3 Å². The number of amides is 1. The van der Waals surface area contributed by atoms with Gasteiger partial charge in [0.1, 0.15) is 17.3 Å². The molecule has 1 saturated heterocycles. The molecule has 1 fully saturated rings. The summed E-state index contributed by atoms with van der Waals surface area (Å²) in [7, 11) is 0. The van der Waals surface area contributed by atoms with Crippen LogP contribution in [0.2, 0.25) is 0 Å². The van der Waals surface area contributed by atoms with Crippen molar-refractivity contribution < 1.29 is 18.4 Å². The van der Waals surface area contributed by atoms with Gasteiger partial charge in [0.2, 0.25) is 0 Å². The lowest BCUT2D eigenvalue weighted by Gasteiger charge is -2.36. The number of carbonyl (C=O) groups is 2. The third kappa shape index (κ3) is 4.47. The topological polar surface area (TPSA) is 71.6 Å². The Bertz CT molecular complexity index is 1380. The number of hydrogen-bond donors (Lipinski definition) is 0. The molecule has 2 aromatic heterocycles. The SMILES string of the molecule is CC(=O)c1ccc(N2CCN(C(=O)c3cn(-c4ccccc4)nc3-c3ccc(C)o3)CC2)c(F)c1. The van der Waals surface area contributed by atoms with Crippen molar-refractivity contribution in [3.05, 3.63) is 89.6 Å². The van der Waals surface area contributed by atoms with E-state index >= 15 is 0 Å². The number of aromatic nitrogens is 2. The first-order chi connectivity index (χ1) is 16.9. The summed E-state index contributed by atoms with van der Waals surface area (Å²) in [6.07, 6.45) is 1.73. The number of benzene rings is 2. The molecule has 8 heteroatoms. The van der Waals surface area contributed by atoms with Gasteiger partial charge in [-0.05, 0) is 56.3 Å². The van der Waals surface area contributed by atoms with E-state index in [2.05, 4.69) is 5.10 Å². The van der Waals surface area contributed by atoms with E-state index in [1.54, 1.807) is 27.9 Å². The van der Waals surface area contributed by atoms with E-state index in [0.717, 1.165) is 11.4 Å². The molecular formula is C27H25FN4O3. The number of ketones is 1. The van der Waals surface area contributed by atoms with E-state index in [-0.39, 0.29) is 11.7 Å². The minimum atomic E-state index is -0.433. The summed E-state index contributed by atoms with van der Waals surface area (Å²) >= 11 is 0. The van der Waals surface area contributed by atoms with Crippen LogP contribution in [0.5, 0.6) is 0 Å². The third-order valence-electron chi connectivity index (χ3n) is 6.20. The van der Waals surface area contributed by atoms with E-state index in [9.17, 15) is 14.0 Å². The third-order valence-corrected chi connectivity index (χ3v) is 6.20. The van der Waals surface area contributed by atoms with Gasteiger partial charge in [-0.25, -0.2) is 9.07 Å². The molecule has 0 aliphatic carbocycles. The van der Waals surface area contributed by atoms with E-state index in [0.29, 0.717) is 54.4 Å². The molecule has 5 rings (SSSR count). The lowest BCUT2D eigenvalue weighted by Crippen LogP contribution is -2.49. The quantitative estimate of drug-likeness (QED) is 0.392. The van der Waals surface area contributed by atoms with Gasteiger partial charge in [0, 0.05) is 37.9 Å². The molecule has 7 nitrogen and oxygen atoms in total. The first-order valence-corrected chi connectivity index (χ1v) is 11.5. The Balaban J connectivity index is 1.38. The van der Waals surface area contributed by atoms with Crippen molar-refractivity contribution >= 4 is 17.4 Å². The van der Waals surface area contributed by atoms with Crippen LogP contribution in [0.4, 0.5) is 10.1 Å². The number of piperazine rings is 1. The highest BCUT2D eigenvalue weighted by atomic mass is 19.1. The van der Waals surface area contributed by atoms with E-state index in [1.165, 1.54) is 13.0 Å². The minimum Gasteiger partial charge on any atom is -0.460 e. The molecule has 3 heterocycles. The first kappa shape index (κ1) is 22.6. The second-order valence-corrected chi connectivity index (χ2v) is 8.58. The van der Waals surface area contributed by atoms with Crippen LogP contribution < -0.4 is 4.90 Å². The fraction of sp³-hybridized carbons (Fsp3) is 0.222. The van der Waals surface area contributed by atoms with Gasteiger partial charge in [-0.2, -0.15) is 5.10 Å². The molecule has 0 bridgehead atoms. The number of furan rings is 1. The molecule has 0 radical (unpaired) electrons. The van der Waals surface area contributed by atoms with Crippen molar-refractivity contribution in [2.75, 3.05) is 31.1 Å². The second-order valence-electron chi connectivity index (χ2n) is 8.58. The summed E-state index contributed by atoms with van der Waals surface area (Å²) in [6.45, 7) is 5.07. The molecule has 0 spiro atoms. The van der Waals surface area contributed by atoms with Crippen molar-refractivity contribution in [3.8, 4) is 17.1 Å². The highest BCUT2D eigenvalue weighted by molar-refractivity contribution is 5.99. The molecule has 0 unspecified atom stereocenters. The van der Waals surface area contributed by atoms with Crippen LogP contribution in [0.1, 0.15) is 33.4 Å². The van der Waals surface area contributed by atoms with Gasteiger partial charge in [0.15, 0.2) is 11.5 Å². The Labute approximate surface area is 202 Å². The van der Waals surface area contributed by atoms with Crippen molar-refractivity contribution in [3.63, 3.8) is 0 Å². The molecule has 35 heavy (non-hydrogen) atoms. The van der Waals surface area contributed by atoms with Gasteiger partial charge in [0.25, 0.3) is 5.91 Å². The van der Waals surface area contributed by atoms with Crippen LogP contribution in [0.3, 0.4) is 0 Å². The van der Waals surface area contributed by atoms with Gasteiger partial charge < -0.3 is 14.2 Å². The van der Waals surface area contributed by atoms with E-state index < -0.39 is 5.82 Å². The average Bonchev–Trinajstić information content (AvgIpc) is 3.51. The zero-order chi connectivity index (χ0) is 24.5. The minimum absolute atomic E-state index is 0.150. The van der Waals surface area contributed by atoms with Crippen molar-refractivity contribution in [2.24, 2.45) is 0 Å². The second kappa shape index (κ2) is 9.21. The molecule has 0 N–H and O–H groups in total. The Morgan fingerprint density at radius 2 is 1.71 bits per heavy atom. The van der Waals surface area contributed by atoms with Crippen molar-refractivity contribution in [2.45, 2.75) is 13.8 Å². The molecule has 0 saturated carbocycles. The number of rotatable bonds is 5. The van der Waals surface area contributed by atoms with Crippen LogP contribution in [0.25, 0.3) is 17.1 Å². The van der Waals surface area contributed by atoms with E-state index in [4.69, 9.17) is 4.42 Å². The van der Waals surface area contributed by atoms with Crippen molar-refractivity contribution in [1.29, 1.82) is 0 Å². The predicted molar refractivity (Wildman–Crippen MR) is 131 cm³/mol. The zero-order valence-corrected chi connectivity index (χ0v) is 19.6. The Morgan fingerprint density at radius 3 is 2.34 bits per heavy atom. The number of carbonyl (C=O) groups excluding carboxylic acids is 2. The maximum Gasteiger partial charge on any atom is 0.257 e. The predicted octanol–water partition coefficient (Wildman–Crippen LogP) is 4.74. The summed E-state index contributed by atoms with van der Waals surface area (Å²) < 4.78 is 22.1. The van der Waals surface area contributed by atoms with Gasteiger partial charge in [-0.15, -0.1) is 0 Å². The fourth-order valence-electron chi connectivity index (χ4n) is 4.29. The molecule has 1 aliphatic heterocycles. The largest absolute Gasteiger partial charge is 0.460 e. The molecular weight excluding hydrogens is 447 g/mol. The summed E-state index contributed by atoms with van der Waals surface area (Å²) in [5.74, 6) is 0.510. The summed E-state index contributed by atoms with van der Waals surface area (Å²) in [6, 6.07) is 17.8. The molecule has 1 amide bonds. The average molecular weight is 473 g/mol. The monoisotopic (exact) mass is 472 g/mol. The Morgan fingerprint density at radius 1 is 0.971 bits per heavy atom. The number of halogens is 1. The number of nitrogens with zero attached hydrogens (tertiary/aromatic N) is 4. The van der Waals surface area contributed by atoms with Gasteiger partial charge in [-0.3, -0.25) is 9.59 Å². The lowest BCUT2D eigenvalue weighted by molar-refractivity contribution is 0.0747. The lowest BCUT2D eigenvalue weighted by atomic mass is 10.1. The van der Waals surface area contributed by atoms with Crippen LogP contribution in [0.15, 0.2) is 71.3 Å². The highest BCUT2D eigenvalue weighted by Crippen LogP contribution is 2.28. The summed E-state index contributed by atoms with van der Waals surface area (Å²) in [5.41, 5.74) is 2.56. The van der Waals surface area contributed by atoms with Crippen LogP contribution in [0, 0.1) is 12.7 Å². The highest BCUT2D eigenvalue weighted by Gasteiger charge is 2.28. The summed E-state index contributed by atoms with van der Waals surface area (Å²) in [5, 5.41) is 4.66. The Kier molecular flexibility index (Phi) is 5.94. The fourth-order valence-corrected chi connectivity index (χ4v) is 4.29. The smallest absolute Gasteiger partial charge is 0.257 e. The van der Waals surface area contributed by atoms with Crippen LogP contribution in [-0.4, -0.2) is 52.5 Å². The molecule has 178 valence electrons. The maximum absolute atomic E-state index is 14.6. The number of Topliss-reactive ketones (excluding diaryl/α,β-unsaturated/α-hetero) is 1. The molecule has 1 aliphatic rings. The maximum atomic E-state index is 14.6. The van der Waals surface area contributed by atoms with Crippen LogP contribution in [-0.2, 0) is 0 Å². The normalized spacial score (nSPS) is 13.8. The Hall–Kier alpha value is -4.20. The number of hydrogen-bond acceptors (Lipinski definition) is 5. The molecule has 0 atom stereocenters. The first-order valence-electron chi connectivity index (χ1n) is 11.5. The van der Waals surface area contributed by atoms with Crippen LogP contribution >= 0.6 is 0 Å². The van der Waals surface area contributed by atoms with Gasteiger partial charge in [0.05, 0.1) is 16.9 Å². The van der Waals surface area contributed by atoms with Crippen molar-refractivity contribution in [1.82, 2.24) is 14.7 Å². The molecule has 4 aromatic rings. The van der Waals surface area contributed by atoms with Gasteiger partial charge in [-0.1, -0.05) is 18.2 Å². The standard InChI is InChI=1S/C27H25FN4O3/c1-18-8-11-25(35-18)26-22(17-32(29-26)21-6-4-3-5-7-21)27(34)31-14-12-30(13-15-31)24-10-9-20(19(2)33)16-23(24)28/h3-11,16-17H,12-15H2,1-2H3. The number of para-hydroxylation sites is 1. The number of aryl methyl sites for hydroxylation is 1. The molecule has 2 aromatic carbocycles.